The van der Waals surface area contributed by atoms with Crippen LogP contribution < -0.4 is 0 Å². The Kier molecular flexibility index (Phi) is 6.09. The molecule has 164 valence electrons. The van der Waals surface area contributed by atoms with Gasteiger partial charge >= 0.3 is 5.97 Å². The zero-order chi connectivity index (χ0) is 22.8. The molecule has 8 nitrogen and oxygen atoms in total. The quantitative estimate of drug-likeness (QED) is 0.208. The number of rotatable bonds is 7. The van der Waals surface area contributed by atoms with E-state index in [1.807, 2.05) is 30.3 Å². The zero-order valence-electron chi connectivity index (χ0n) is 17.6. The molecule has 2 aliphatic heterocycles. The molecule has 0 aliphatic carbocycles. The topological polar surface area (TPSA) is 102 Å². The van der Waals surface area contributed by atoms with Crippen molar-refractivity contribution in [2.45, 2.75) is 38.3 Å². The van der Waals surface area contributed by atoms with E-state index >= 15 is 0 Å². The molecule has 0 radical (unpaired) electrons. The van der Waals surface area contributed by atoms with Crippen molar-refractivity contribution >= 4 is 34.4 Å². The molecule has 9 heteroatoms. The van der Waals surface area contributed by atoms with Crippen molar-refractivity contribution in [3.05, 3.63) is 87.1 Å². The normalized spacial score (nSPS) is 19.0. The van der Waals surface area contributed by atoms with Crippen LogP contribution in [0.2, 0.25) is 0 Å². The number of carbonyl (C=O) groups excluding carboxylic acids is 2. The number of likely N-dealkylation sites (tertiary alicyclic amines) is 1. The summed E-state index contributed by atoms with van der Waals surface area (Å²) in [5, 5.41) is 11.4. The molecule has 2 aromatic carbocycles. The number of nitro benzene ring substituents is 1. The highest BCUT2D eigenvalue weighted by molar-refractivity contribution is 8.14. The summed E-state index contributed by atoms with van der Waals surface area (Å²) < 4.78 is 5.42. The average Bonchev–Trinajstić information content (AvgIpc) is 3.15. The second kappa shape index (κ2) is 8.96. The Labute approximate surface area is 189 Å². The maximum Gasteiger partial charge on any atom is 0.355 e. The van der Waals surface area contributed by atoms with Crippen LogP contribution in [0.1, 0.15) is 25.0 Å². The lowest BCUT2D eigenvalue weighted by Crippen LogP contribution is -2.61. The van der Waals surface area contributed by atoms with E-state index in [1.54, 1.807) is 13.8 Å². The van der Waals surface area contributed by atoms with Gasteiger partial charge in [-0.1, -0.05) is 42.1 Å². The van der Waals surface area contributed by atoms with Gasteiger partial charge in [0.25, 0.3) is 11.6 Å². The first-order valence-electron chi connectivity index (χ1n) is 10.0. The fourth-order valence-electron chi connectivity index (χ4n) is 3.58. The standard InChI is InChI=1S/C23H21N3O5S/c1-14(2)20(23(28)31-13-16-8-10-17(11-9-16)26(29)30)25-21(27)19-22(25)32-18(24-19)12-15-6-4-3-5-7-15/h3-11,19,22H,12-13H2,1-2H3/t19-,22-/m1/s1. The largest absolute Gasteiger partial charge is 0.456 e. The number of amides is 1. The summed E-state index contributed by atoms with van der Waals surface area (Å²) in [4.78, 5) is 41.9. The Bertz CT molecular complexity index is 1120. The Morgan fingerprint density at radius 2 is 1.81 bits per heavy atom. The maximum absolute atomic E-state index is 12.8. The number of ether oxygens (including phenoxy) is 1. The number of fused-ring (bicyclic) bond motifs is 1. The number of benzene rings is 2. The van der Waals surface area contributed by atoms with Crippen LogP contribution in [0.25, 0.3) is 0 Å². The average molecular weight is 452 g/mol. The molecule has 1 fully saturated rings. The smallest absolute Gasteiger partial charge is 0.355 e. The molecular weight excluding hydrogens is 430 g/mol. The van der Waals surface area contributed by atoms with Crippen molar-refractivity contribution in [1.82, 2.24) is 4.90 Å². The number of non-ortho nitro benzene ring substituents is 1. The molecule has 2 aromatic rings. The van der Waals surface area contributed by atoms with Gasteiger partial charge in [-0.05, 0) is 42.7 Å². The van der Waals surface area contributed by atoms with Gasteiger partial charge in [0.1, 0.15) is 17.7 Å². The first-order valence-corrected chi connectivity index (χ1v) is 10.9. The number of β-lactam (4-membered cyclic amide) rings is 1. The zero-order valence-corrected chi connectivity index (χ0v) is 18.4. The van der Waals surface area contributed by atoms with Gasteiger partial charge in [-0.15, -0.1) is 0 Å². The van der Waals surface area contributed by atoms with Crippen LogP contribution in [0.15, 0.2) is 70.9 Å². The van der Waals surface area contributed by atoms with Gasteiger partial charge in [-0.25, -0.2) is 4.79 Å². The number of nitrogens with zero attached hydrogens (tertiary/aromatic N) is 3. The number of thioether (sulfide) groups is 1. The number of allylic oxidation sites excluding steroid dienone is 1. The molecular formula is C23H21N3O5S. The molecule has 4 rings (SSSR count). The lowest BCUT2D eigenvalue weighted by Gasteiger charge is -2.41. The first kappa shape index (κ1) is 21.8. The van der Waals surface area contributed by atoms with Gasteiger partial charge in [-0.2, -0.15) is 0 Å². The fourth-order valence-corrected chi connectivity index (χ4v) is 4.90. The predicted molar refractivity (Wildman–Crippen MR) is 121 cm³/mol. The second-order valence-corrected chi connectivity index (χ2v) is 8.88. The Hall–Kier alpha value is -3.46. The summed E-state index contributed by atoms with van der Waals surface area (Å²) in [6.07, 6.45) is 0.647. The molecule has 0 bridgehead atoms. The Morgan fingerprint density at radius 3 is 2.44 bits per heavy atom. The summed E-state index contributed by atoms with van der Waals surface area (Å²) in [5.41, 5.74) is 2.59. The Balaban J connectivity index is 1.41. The molecule has 2 atom stereocenters. The number of esters is 1. The highest BCUT2D eigenvalue weighted by Gasteiger charge is 2.55. The van der Waals surface area contributed by atoms with Crippen molar-refractivity contribution in [2.75, 3.05) is 0 Å². The van der Waals surface area contributed by atoms with E-state index in [1.165, 1.54) is 40.9 Å². The molecule has 32 heavy (non-hydrogen) atoms. The third-order valence-electron chi connectivity index (χ3n) is 5.18. The van der Waals surface area contributed by atoms with E-state index in [0.717, 1.165) is 10.6 Å². The molecule has 0 unspecified atom stereocenters. The van der Waals surface area contributed by atoms with Gasteiger partial charge < -0.3 is 4.74 Å². The summed E-state index contributed by atoms with van der Waals surface area (Å²) in [7, 11) is 0. The molecule has 1 saturated heterocycles. The van der Waals surface area contributed by atoms with Crippen molar-refractivity contribution < 1.29 is 19.2 Å². The fraction of sp³-hybridized carbons (Fsp3) is 0.261. The summed E-state index contributed by atoms with van der Waals surface area (Å²) in [6.45, 7) is 3.47. The van der Waals surface area contributed by atoms with Crippen molar-refractivity contribution in [2.24, 2.45) is 4.99 Å². The van der Waals surface area contributed by atoms with Crippen LogP contribution in [-0.2, 0) is 27.4 Å². The molecule has 0 spiro atoms. The maximum atomic E-state index is 12.8. The lowest BCUT2D eigenvalue weighted by molar-refractivity contribution is -0.384. The predicted octanol–water partition coefficient (Wildman–Crippen LogP) is 3.86. The summed E-state index contributed by atoms with van der Waals surface area (Å²) in [5.74, 6) is -0.818. The summed E-state index contributed by atoms with van der Waals surface area (Å²) >= 11 is 1.50. The lowest BCUT2D eigenvalue weighted by atomic mass is 10.0. The molecule has 1 amide bonds. The van der Waals surface area contributed by atoms with Gasteiger partial charge in [0.05, 0.1) is 9.97 Å². The number of hydrogen-bond donors (Lipinski definition) is 0. The highest BCUT2D eigenvalue weighted by atomic mass is 32.2. The molecule has 2 aliphatic rings. The van der Waals surface area contributed by atoms with Gasteiger partial charge in [0, 0.05) is 18.6 Å². The van der Waals surface area contributed by atoms with Crippen LogP contribution in [0.5, 0.6) is 0 Å². The van der Waals surface area contributed by atoms with E-state index in [-0.39, 0.29) is 29.3 Å². The number of nitro groups is 1. The monoisotopic (exact) mass is 451 g/mol. The minimum atomic E-state index is -0.604. The van der Waals surface area contributed by atoms with Gasteiger partial charge in [0.2, 0.25) is 0 Å². The number of hydrogen-bond acceptors (Lipinski definition) is 7. The summed E-state index contributed by atoms with van der Waals surface area (Å²) in [6, 6.07) is 15.2. The SMILES string of the molecule is CC(C)=C(C(=O)OCc1ccc([N+](=O)[O-])cc1)N1C(=O)[C@H]2N=C(Cc3ccccc3)S[C@H]21. The van der Waals surface area contributed by atoms with E-state index in [2.05, 4.69) is 4.99 Å². The minimum Gasteiger partial charge on any atom is -0.456 e. The van der Waals surface area contributed by atoms with Crippen molar-refractivity contribution in [3.8, 4) is 0 Å². The number of aliphatic imine (C=N–C) groups is 1. The highest BCUT2D eigenvalue weighted by Crippen LogP contribution is 2.42. The molecule has 2 heterocycles. The van der Waals surface area contributed by atoms with Crippen LogP contribution in [-0.4, -0.2) is 38.2 Å². The van der Waals surface area contributed by atoms with Gasteiger partial charge in [0.15, 0.2) is 6.04 Å². The van der Waals surface area contributed by atoms with Crippen LogP contribution in [0.4, 0.5) is 5.69 Å². The van der Waals surface area contributed by atoms with E-state index < -0.39 is 16.9 Å². The molecule has 0 saturated carbocycles. The third kappa shape index (κ3) is 4.29. The van der Waals surface area contributed by atoms with Crippen molar-refractivity contribution in [1.29, 1.82) is 0 Å². The Morgan fingerprint density at radius 1 is 1.12 bits per heavy atom. The third-order valence-corrected chi connectivity index (χ3v) is 6.41. The van der Waals surface area contributed by atoms with Crippen molar-refractivity contribution in [3.63, 3.8) is 0 Å². The van der Waals surface area contributed by atoms with Crippen LogP contribution >= 0.6 is 11.8 Å². The number of carbonyl (C=O) groups is 2. The molecule has 0 N–H and O–H groups in total. The van der Waals surface area contributed by atoms with E-state index in [0.29, 0.717) is 17.6 Å². The van der Waals surface area contributed by atoms with Crippen LogP contribution in [0.3, 0.4) is 0 Å². The van der Waals surface area contributed by atoms with E-state index in [4.69, 9.17) is 4.74 Å². The first-order chi connectivity index (χ1) is 15.3. The van der Waals surface area contributed by atoms with Crippen LogP contribution in [0, 0.1) is 10.1 Å². The minimum absolute atomic E-state index is 0.0353. The molecule has 0 aromatic heterocycles. The second-order valence-electron chi connectivity index (χ2n) is 7.70. The van der Waals surface area contributed by atoms with Gasteiger partial charge in [-0.3, -0.25) is 24.8 Å². The van der Waals surface area contributed by atoms with E-state index in [9.17, 15) is 19.7 Å².